The molecule has 0 atom stereocenters. The van der Waals surface area contributed by atoms with Crippen LogP contribution in [0.2, 0.25) is 0 Å². The van der Waals surface area contributed by atoms with Crippen LogP contribution in [0.1, 0.15) is 55.4 Å². The van der Waals surface area contributed by atoms with Crippen LogP contribution in [0.5, 0.6) is 0 Å². The van der Waals surface area contributed by atoms with Crippen LogP contribution < -0.4 is 21.3 Å². The molecule has 0 aromatic carbocycles. The van der Waals surface area contributed by atoms with Crippen molar-refractivity contribution in [1.29, 1.82) is 5.26 Å². The largest absolute Gasteiger partial charge is 0.448 e. The SMILES string of the molecule is N#CCCOC(=O)NC1CCC(Nc2cc(NC3CC3)c3ncc(C(=O)Nc4ccncc4F)n3n2)CC1. The maximum Gasteiger partial charge on any atom is 0.407 e. The van der Waals surface area contributed by atoms with E-state index in [-0.39, 0.29) is 36.5 Å². The lowest BCUT2D eigenvalue weighted by molar-refractivity contribution is 0.101. The Morgan fingerprint density at radius 2 is 1.82 bits per heavy atom. The van der Waals surface area contributed by atoms with Gasteiger partial charge in [-0.25, -0.2) is 18.7 Å². The summed E-state index contributed by atoms with van der Waals surface area (Å²) < 4.78 is 20.5. The number of aromatic nitrogens is 4. The molecule has 2 aliphatic carbocycles. The average molecular weight is 522 g/mol. The molecule has 5 rings (SSSR count). The van der Waals surface area contributed by atoms with E-state index in [0.717, 1.165) is 50.4 Å². The molecule has 0 spiro atoms. The van der Waals surface area contributed by atoms with E-state index in [1.165, 1.54) is 23.0 Å². The van der Waals surface area contributed by atoms with Crippen LogP contribution in [0.15, 0.2) is 30.7 Å². The monoisotopic (exact) mass is 521 g/mol. The van der Waals surface area contributed by atoms with E-state index in [1.807, 2.05) is 12.1 Å². The fourth-order valence-corrected chi connectivity index (χ4v) is 4.40. The van der Waals surface area contributed by atoms with Crippen molar-refractivity contribution in [1.82, 2.24) is 24.9 Å². The molecule has 3 heterocycles. The van der Waals surface area contributed by atoms with Gasteiger partial charge in [-0.05, 0) is 44.6 Å². The number of pyridine rings is 1. The zero-order chi connectivity index (χ0) is 26.5. The number of carbonyl (C=O) groups excluding carboxylic acids is 2. The van der Waals surface area contributed by atoms with Gasteiger partial charge in [0.15, 0.2) is 17.2 Å². The molecule has 3 aromatic rings. The van der Waals surface area contributed by atoms with Crippen LogP contribution in [-0.2, 0) is 4.74 Å². The first-order chi connectivity index (χ1) is 18.5. The van der Waals surface area contributed by atoms with Gasteiger partial charge in [0.2, 0.25) is 0 Å². The van der Waals surface area contributed by atoms with Crippen molar-refractivity contribution in [3.8, 4) is 6.07 Å². The first-order valence-electron chi connectivity index (χ1n) is 12.6. The number of rotatable bonds is 9. The Bertz CT molecular complexity index is 1360. The van der Waals surface area contributed by atoms with Crippen LogP contribution in [0, 0.1) is 17.1 Å². The van der Waals surface area contributed by atoms with Crippen LogP contribution in [0.3, 0.4) is 0 Å². The molecule has 0 unspecified atom stereocenters. The molecule has 2 amide bonds. The molecule has 38 heavy (non-hydrogen) atoms. The number of nitrogens with one attached hydrogen (secondary N) is 4. The van der Waals surface area contributed by atoms with E-state index in [1.54, 1.807) is 0 Å². The average Bonchev–Trinajstić information content (AvgIpc) is 3.62. The standard InChI is InChI=1S/C25H28FN9O3/c26-18-13-28-10-8-19(18)33-24(36)21-14-29-23-20(30-15-2-3-15)12-22(34-35(21)23)31-16-4-6-17(7-5-16)32-25(37)38-11-1-9-27/h8,10,12-17,30H,1-7,11H2,(H,31,34)(H,32,37)(H,28,33,36). The topological polar surface area (TPSA) is 158 Å². The summed E-state index contributed by atoms with van der Waals surface area (Å²) in [5, 5.41) is 25.5. The third-order valence-electron chi connectivity index (χ3n) is 6.51. The summed E-state index contributed by atoms with van der Waals surface area (Å²) in [6.45, 7) is 0.0797. The Morgan fingerprint density at radius 3 is 2.55 bits per heavy atom. The molecule has 2 saturated carbocycles. The molecule has 13 heteroatoms. The smallest absolute Gasteiger partial charge is 0.407 e. The molecule has 2 aliphatic rings. The van der Waals surface area contributed by atoms with Gasteiger partial charge in [-0.2, -0.15) is 5.26 Å². The second-order valence-corrected chi connectivity index (χ2v) is 9.43. The predicted octanol–water partition coefficient (Wildman–Crippen LogP) is 3.45. The number of halogens is 1. The molecule has 0 saturated heterocycles. The number of alkyl carbamates (subject to hydrolysis) is 1. The van der Waals surface area contributed by atoms with Gasteiger partial charge >= 0.3 is 6.09 Å². The van der Waals surface area contributed by atoms with E-state index in [9.17, 15) is 14.0 Å². The van der Waals surface area contributed by atoms with Gasteiger partial charge in [-0.3, -0.25) is 9.78 Å². The lowest BCUT2D eigenvalue weighted by Gasteiger charge is -2.29. The first kappa shape index (κ1) is 25.2. The molecule has 4 N–H and O–H groups in total. The maximum atomic E-state index is 14.0. The van der Waals surface area contributed by atoms with E-state index in [2.05, 4.69) is 36.3 Å². The van der Waals surface area contributed by atoms with E-state index < -0.39 is 17.8 Å². The first-order valence-corrected chi connectivity index (χ1v) is 12.6. The lowest BCUT2D eigenvalue weighted by Crippen LogP contribution is -2.40. The van der Waals surface area contributed by atoms with Gasteiger partial charge in [0, 0.05) is 30.4 Å². The van der Waals surface area contributed by atoms with Gasteiger partial charge in [0.1, 0.15) is 12.4 Å². The summed E-state index contributed by atoms with van der Waals surface area (Å²) >= 11 is 0. The molecule has 2 fully saturated rings. The quantitative estimate of drug-likeness (QED) is 0.309. The number of anilines is 3. The minimum absolute atomic E-state index is 0.00250. The molecule has 3 aromatic heterocycles. The van der Waals surface area contributed by atoms with E-state index in [0.29, 0.717) is 17.5 Å². The molecule has 0 bridgehead atoms. The van der Waals surface area contributed by atoms with Crippen molar-refractivity contribution in [2.24, 2.45) is 0 Å². The number of amides is 2. The minimum Gasteiger partial charge on any atom is -0.448 e. The fourth-order valence-electron chi connectivity index (χ4n) is 4.40. The molecule has 12 nitrogen and oxygen atoms in total. The van der Waals surface area contributed by atoms with Crippen LogP contribution in [-0.4, -0.2) is 56.3 Å². The lowest BCUT2D eigenvalue weighted by atomic mass is 9.91. The Morgan fingerprint density at radius 1 is 1.08 bits per heavy atom. The molecular weight excluding hydrogens is 493 g/mol. The Hall–Kier alpha value is -4.47. The number of ether oxygens (including phenoxy) is 1. The fraction of sp³-hybridized carbons (Fsp3) is 0.440. The number of carbonyl (C=O) groups is 2. The molecule has 0 radical (unpaired) electrons. The van der Waals surface area contributed by atoms with Crippen molar-refractivity contribution in [2.45, 2.75) is 63.1 Å². The zero-order valence-corrected chi connectivity index (χ0v) is 20.6. The van der Waals surface area contributed by atoms with Gasteiger partial charge in [0.05, 0.1) is 36.3 Å². The highest BCUT2D eigenvalue weighted by Crippen LogP contribution is 2.30. The molecule has 198 valence electrons. The summed E-state index contributed by atoms with van der Waals surface area (Å²) in [5.41, 5.74) is 1.45. The van der Waals surface area contributed by atoms with Crippen molar-refractivity contribution >= 4 is 34.8 Å². The van der Waals surface area contributed by atoms with Crippen molar-refractivity contribution in [3.05, 3.63) is 42.2 Å². The molecular formula is C25H28FN9O3. The second kappa shape index (κ2) is 11.3. The normalized spacial score (nSPS) is 18.8. The van der Waals surface area contributed by atoms with Gasteiger partial charge < -0.3 is 26.0 Å². The second-order valence-electron chi connectivity index (χ2n) is 9.43. The number of fused-ring (bicyclic) bond motifs is 1. The van der Waals surface area contributed by atoms with Crippen molar-refractivity contribution in [3.63, 3.8) is 0 Å². The third kappa shape index (κ3) is 6.08. The van der Waals surface area contributed by atoms with E-state index >= 15 is 0 Å². The third-order valence-corrected chi connectivity index (χ3v) is 6.51. The maximum absolute atomic E-state index is 14.0. The van der Waals surface area contributed by atoms with Gasteiger partial charge in [-0.1, -0.05) is 0 Å². The van der Waals surface area contributed by atoms with Crippen LogP contribution in [0.25, 0.3) is 5.65 Å². The highest BCUT2D eigenvalue weighted by Gasteiger charge is 2.26. The highest BCUT2D eigenvalue weighted by atomic mass is 19.1. The van der Waals surface area contributed by atoms with Gasteiger partial charge in [0.25, 0.3) is 5.91 Å². The summed E-state index contributed by atoms with van der Waals surface area (Å²) in [5.74, 6) is -0.602. The summed E-state index contributed by atoms with van der Waals surface area (Å²) in [4.78, 5) is 33.0. The van der Waals surface area contributed by atoms with Gasteiger partial charge in [-0.15, -0.1) is 5.10 Å². The molecule has 0 aliphatic heterocycles. The number of nitrogens with zero attached hydrogens (tertiary/aromatic N) is 5. The summed E-state index contributed by atoms with van der Waals surface area (Å²) in [7, 11) is 0. The Balaban J connectivity index is 1.28. The number of nitriles is 1. The highest BCUT2D eigenvalue weighted by molar-refractivity contribution is 6.03. The zero-order valence-electron chi connectivity index (χ0n) is 20.6. The minimum atomic E-state index is -0.637. The summed E-state index contributed by atoms with van der Waals surface area (Å²) in [6.07, 6.45) is 8.75. The number of imidazole rings is 1. The van der Waals surface area contributed by atoms with E-state index in [4.69, 9.17) is 10.00 Å². The van der Waals surface area contributed by atoms with Crippen molar-refractivity contribution in [2.75, 3.05) is 22.6 Å². The number of hydrogen-bond donors (Lipinski definition) is 4. The number of hydrogen-bond acceptors (Lipinski definition) is 9. The Labute approximate surface area is 218 Å². The Kier molecular flexibility index (Phi) is 7.48. The summed E-state index contributed by atoms with van der Waals surface area (Å²) in [6, 6.07) is 5.68. The van der Waals surface area contributed by atoms with Crippen molar-refractivity contribution < 1.29 is 18.7 Å². The van der Waals surface area contributed by atoms with Crippen LogP contribution in [0.4, 0.5) is 26.4 Å². The van der Waals surface area contributed by atoms with Crippen LogP contribution >= 0.6 is 0 Å². The predicted molar refractivity (Wildman–Crippen MR) is 136 cm³/mol.